The number of benzene rings is 1. The fourth-order valence-electron chi connectivity index (χ4n) is 4.98. The van der Waals surface area contributed by atoms with E-state index in [9.17, 15) is 31.4 Å². The quantitative estimate of drug-likeness (QED) is 0.289. The van der Waals surface area contributed by atoms with Gasteiger partial charge in [0.25, 0.3) is 12.9 Å². The largest absolute Gasteiger partial charge is 0.385 e. The lowest BCUT2D eigenvalue weighted by molar-refractivity contribution is -0.0529. The molecule has 0 amide bonds. The first-order valence-electron chi connectivity index (χ1n) is 12.2. The van der Waals surface area contributed by atoms with E-state index < -0.39 is 41.7 Å². The molecule has 5 rings (SSSR count). The third kappa shape index (κ3) is 5.01. The van der Waals surface area contributed by atoms with Crippen molar-refractivity contribution < 1.29 is 31.4 Å². The van der Waals surface area contributed by atoms with E-state index >= 15 is 0 Å². The zero-order valence-electron chi connectivity index (χ0n) is 20.8. The van der Waals surface area contributed by atoms with Crippen molar-refractivity contribution in [1.29, 1.82) is 0 Å². The number of aromatic nitrogens is 5. The second-order valence-corrected chi connectivity index (χ2v) is 9.69. The number of pyridine rings is 1. The fourth-order valence-corrected chi connectivity index (χ4v) is 4.98. The highest BCUT2D eigenvalue weighted by atomic mass is 19.3. The van der Waals surface area contributed by atoms with E-state index in [1.165, 1.54) is 24.9 Å². The third-order valence-corrected chi connectivity index (χ3v) is 7.06. The molecule has 0 aliphatic carbocycles. The van der Waals surface area contributed by atoms with E-state index in [4.69, 9.17) is 11.5 Å². The molecule has 40 heavy (non-hydrogen) atoms. The van der Waals surface area contributed by atoms with Crippen molar-refractivity contribution in [2.45, 2.75) is 43.9 Å². The zero-order valence-corrected chi connectivity index (χ0v) is 20.8. The van der Waals surface area contributed by atoms with Crippen LogP contribution < -0.4 is 16.4 Å². The number of fused-ring (bicyclic) bond motifs is 1. The highest BCUT2D eigenvalue weighted by Gasteiger charge is 2.43. The van der Waals surface area contributed by atoms with Crippen LogP contribution in [0.4, 0.5) is 37.8 Å². The van der Waals surface area contributed by atoms with Gasteiger partial charge < -0.3 is 26.0 Å². The molecular weight excluding hydrogens is 542 g/mol. The summed E-state index contributed by atoms with van der Waals surface area (Å²) in [4.78, 5) is 18.2. The van der Waals surface area contributed by atoms with E-state index in [1.54, 1.807) is 9.47 Å². The topological polar surface area (TPSA) is 132 Å². The third-order valence-electron chi connectivity index (χ3n) is 7.06. The van der Waals surface area contributed by atoms with Crippen LogP contribution in [-0.2, 0) is 6.54 Å². The zero-order chi connectivity index (χ0) is 28.8. The molecule has 15 heteroatoms. The van der Waals surface area contributed by atoms with Crippen LogP contribution in [0.15, 0.2) is 37.1 Å². The molecule has 4 heterocycles. The number of aliphatic hydroxyl groups is 1. The highest BCUT2D eigenvalue weighted by molar-refractivity contribution is 5.81. The molecule has 212 valence electrons. The summed E-state index contributed by atoms with van der Waals surface area (Å²) < 4.78 is 83.7. The Kier molecular flexibility index (Phi) is 7.27. The van der Waals surface area contributed by atoms with Crippen LogP contribution in [-0.4, -0.2) is 60.8 Å². The van der Waals surface area contributed by atoms with Gasteiger partial charge in [-0.2, -0.15) is 0 Å². The molecular formula is C25H24F6N8O. The van der Waals surface area contributed by atoms with E-state index in [0.29, 0.717) is 47.5 Å². The fraction of sp³-hybridized carbons (Fsp3) is 0.360. The molecule has 0 radical (unpaired) electrons. The smallest absolute Gasteiger partial charge is 0.266 e. The van der Waals surface area contributed by atoms with Crippen molar-refractivity contribution in [2.24, 2.45) is 5.73 Å². The van der Waals surface area contributed by atoms with Gasteiger partial charge in [-0.15, -0.1) is 0 Å². The van der Waals surface area contributed by atoms with Crippen LogP contribution in [0.3, 0.4) is 0 Å². The highest BCUT2D eigenvalue weighted by Crippen LogP contribution is 2.35. The number of nitrogens with zero attached hydrogens (tertiary/aromatic N) is 6. The number of piperidine rings is 1. The average molecular weight is 567 g/mol. The lowest BCUT2D eigenvalue weighted by Crippen LogP contribution is -2.63. The van der Waals surface area contributed by atoms with Crippen molar-refractivity contribution in [3.63, 3.8) is 0 Å². The van der Waals surface area contributed by atoms with Gasteiger partial charge in [-0.3, -0.25) is 4.98 Å². The molecule has 0 saturated carbocycles. The summed E-state index contributed by atoms with van der Waals surface area (Å²) in [5.74, 6) is -2.26. The number of alkyl halides is 4. The summed E-state index contributed by atoms with van der Waals surface area (Å²) in [7, 11) is 0. The van der Waals surface area contributed by atoms with E-state index in [2.05, 4.69) is 19.9 Å². The minimum atomic E-state index is -3.21. The Morgan fingerprint density at radius 3 is 2.52 bits per heavy atom. The van der Waals surface area contributed by atoms with Crippen LogP contribution in [0.25, 0.3) is 22.4 Å². The lowest BCUT2D eigenvalue weighted by Gasteiger charge is -2.44. The first-order chi connectivity index (χ1) is 19.0. The maximum Gasteiger partial charge on any atom is 0.266 e. The molecule has 0 bridgehead atoms. The summed E-state index contributed by atoms with van der Waals surface area (Å²) >= 11 is 0. The van der Waals surface area contributed by atoms with Gasteiger partial charge in [0.05, 0.1) is 41.6 Å². The Labute approximate surface area is 223 Å². The minimum Gasteiger partial charge on any atom is -0.385 e. The average Bonchev–Trinajstić information content (AvgIpc) is 3.33. The number of imidazole rings is 1. The molecule has 1 aromatic carbocycles. The summed E-state index contributed by atoms with van der Waals surface area (Å²) in [5, 5.41) is 10.1. The number of nitrogens with two attached hydrogens (primary N) is 2. The Morgan fingerprint density at radius 1 is 1.02 bits per heavy atom. The molecule has 0 spiro atoms. The minimum absolute atomic E-state index is 0.0441. The number of anilines is 2. The van der Waals surface area contributed by atoms with E-state index in [-0.39, 0.29) is 36.6 Å². The predicted octanol–water partition coefficient (Wildman–Crippen LogP) is 3.66. The maximum absolute atomic E-state index is 14.8. The second kappa shape index (κ2) is 10.5. The van der Waals surface area contributed by atoms with Crippen molar-refractivity contribution in [3.05, 3.63) is 59.8 Å². The molecule has 3 aromatic heterocycles. The summed E-state index contributed by atoms with van der Waals surface area (Å²) in [5.41, 5.74) is 10.6. The van der Waals surface area contributed by atoms with E-state index in [1.807, 2.05) is 0 Å². The van der Waals surface area contributed by atoms with Crippen LogP contribution in [0.1, 0.15) is 30.4 Å². The molecule has 4 aromatic rings. The van der Waals surface area contributed by atoms with Crippen LogP contribution in [0.2, 0.25) is 0 Å². The molecule has 5 N–H and O–H groups in total. The monoisotopic (exact) mass is 566 g/mol. The van der Waals surface area contributed by atoms with Crippen molar-refractivity contribution in [3.8, 4) is 11.3 Å². The molecule has 1 fully saturated rings. The second-order valence-electron chi connectivity index (χ2n) is 9.69. The summed E-state index contributed by atoms with van der Waals surface area (Å²) in [6, 6.07) is 2.50. The first kappa shape index (κ1) is 27.6. The van der Waals surface area contributed by atoms with Gasteiger partial charge >= 0.3 is 0 Å². The van der Waals surface area contributed by atoms with Crippen molar-refractivity contribution in [1.82, 2.24) is 24.5 Å². The molecule has 9 nitrogen and oxygen atoms in total. The summed E-state index contributed by atoms with van der Waals surface area (Å²) in [6.45, 7) is 0.287. The number of hydrogen-bond donors (Lipinski definition) is 3. The van der Waals surface area contributed by atoms with Crippen LogP contribution in [0.5, 0.6) is 0 Å². The normalized spacial score (nSPS) is 18.7. The van der Waals surface area contributed by atoms with Crippen LogP contribution in [0, 0.1) is 11.6 Å². The molecule has 1 aliphatic rings. The number of aliphatic hydroxyl groups excluding tert-OH is 1. The molecule has 0 unspecified atom stereocenters. The Bertz CT molecular complexity index is 1550. The number of nitrogen functional groups attached to an aromatic ring is 1. The standard InChI is InChI=1S/C25H24F6N8O/c26-15-6-14(21(28)29)16(27)5-13(15)17-4-12(8-39-11-37-19-23(32)35-10-36-24(19)39)18(7-34-17)38-3-1-2-25(33,9-38)20(40)22(30)31/h4-7,10-11,20-22,40H,1-3,8-9,33H2,(H2,32,35,36)/t20-,25-/m1/s1. The van der Waals surface area contributed by atoms with Crippen molar-refractivity contribution in [2.75, 3.05) is 23.7 Å². The molecule has 2 atom stereocenters. The first-order valence-corrected chi connectivity index (χ1v) is 12.2. The number of hydrogen-bond acceptors (Lipinski definition) is 8. The van der Waals surface area contributed by atoms with Gasteiger partial charge in [-0.05, 0) is 36.6 Å². The van der Waals surface area contributed by atoms with Gasteiger partial charge in [-0.25, -0.2) is 41.3 Å². The number of rotatable bonds is 7. The van der Waals surface area contributed by atoms with Gasteiger partial charge in [0.1, 0.15) is 29.6 Å². The summed E-state index contributed by atoms with van der Waals surface area (Å²) in [6.07, 6.45) is -3.77. The molecule has 1 saturated heterocycles. The van der Waals surface area contributed by atoms with Crippen LogP contribution >= 0.6 is 0 Å². The Hall–Kier alpha value is -3.98. The van der Waals surface area contributed by atoms with E-state index in [0.717, 1.165) is 0 Å². The van der Waals surface area contributed by atoms with Gasteiger partial charge in [0, 0.05) is 18.7 Å². The predicted molar refractivity (Wildman–Crippen MR) is 134 cm³/mol. The SMILES string of the molecule is Nc1ncnc2c1ncn2Cc1cc(-c2cc(F)c(C(F)F)cc2F)ncc1N1CCC[C@](N)([C@H](O)C(F)F)C1. The Balaban J connectivity index is 1.60. The molecule has 1 aliphatic heterocycles. The van der Waals surface area contributed by atoms with Gasteiger partial charge in [-0.1, -0.05) is 0 Å². The van der Waals surface area contributed by atoms with Gasteiger partial charge in [0.15, 0.2) is 11.5 Å². The van der Waals surface area contributed by atoms with Crippen molar-refractivity contribution >= 4 is 22.7 Å². The number of halogens is 6. The lowest BCUT2D eigenvalue weighted by atomic mass is 9.84. The maximum atomic E-state index is 14.8. The van der Waals surface area contributed by atoms with Gasteiger partial charge in [0.2, 0.25) is 0 Å². The Morgan fingerprint density at radius 2 is 1.80 bits per heavy atom.